The molecule has 2 aliphatic rings. The van der Waals surface area contributed by atoms with E-state index in [4.69, 9.17) is 0 Å². The van der Waals surface area contributed by atoms with Gasteiger partial charge in [0.1, 0.15) is 0 Å². The van der Waals surface area contributed by atoms with Gasteiger partial charge in [-0.25, -0.2) is 4.68 Å². The van der Waals surface area contributed by atoms with Crippen molar-refractivity contribution in [2.24, 2.45) is 0 Å². The van der Waals surface area contributed by atoms with Crippen molar-refractivity contribution in [3.63, 3.8) is 0 Å². The van der Waals surface area contributed by atoms with Crippen molar-refractivity contribution in [1.29, 1.82) is 0 Å². The number of nitrogens with zero attached hydrogens (tertiary/aromatic N) is 5. The summed E-state index contributed by atoms with van der Waals surface area (Å²) >= 11 is 0. The van der Waals surface area contributed by atoms with Crippen LogP contribution in [0.3, 0.4) is 0 Å². The van der Waals surface area contributed by atoms with Crippen molar-refractivity contribution < 1.29 is 9.59 Å². The molecule has 0 atom stereocenters. The van der Waals surface area contributed by atoms with E-state index < -0.39 is 0 Å². The molecule has 0 unspecified atom stereocenters. The summed E-state index contributed by atoms with van der Waals surface area (Å²) in [6.45, 7) is 5.19. The Labute approximate surface area is 165 Å². The van der Waals surface area contributed by atoms with Gasteiger partial charge in [0.15, 0.2) is 0 Å². The lowest BCUT2D eigenvalue weighted by molar-refractivity contribution is -0.131. The monoisotopic (exact) mass is 381 g/mol. The van der Waals surface area contributed by atoms with Gasteiger partial charge in [0, 0.05) is 45.5 Å². The second-order valence-corrected chi connectivity index (χ2v) is 7.52. The summed E-state index contributed by atoms with van der Waals surface area (Å²) < 4.78 is 1.73. The highest BCUT2D eigenvalue weighted by Crippen LogP contribution is 2.13. The molecule has 4 rings (SSSR count). The van der Waals surface area contributed by atoms with Gasteiger partial charge in [-0.2, -0.15) is 5.10 Å². The third-order valence-corrected chi connectivity index (χ3v) is 5.54. The van der Waals surface area contributed by atoms with E-state index in [-0.39, 0.29) is 11.8 Å². The molecular formula is C21H27N5O2. The number of carbonyl (C=O) groups excluding carboxylic acids is 2. The Bertz CT molecular complexity index is 813. The van der Waals surface area contributed by atoms with E-state index in [1.54, 1.807) is 17.1 Å². The highest BCUT2D eigenvalue weighted by Gasteiger charge is 2.24. The molecule has 0 saturated carbocycles. The van der Waals surface area contributed by atoms with Gasteiger partial charge in [0.05, 0.1) is 24.0 Å². The molecule has 1 aromatic heterocycles. The number of amides is 2. The van der Waals surface area contributed by atoms with Gasteiger partial charge in [-0.15, -0.1) is 0 Å². The molecule has 0 spiro atoms. The predicted octanol–water partition coefficient (Wildman–Crippen LogP) is 1.64. The zero-order chi connectivity index (χ0) is 19.3. The first kappa shape index (κ1) is 18.7. The Balaban J connectivity index is 1.34. The maximum absolute atomic E-state index is 12.9. The van der Waals surface area contributed by atoms with Crippen LogP contribution in [0.2, 0.25) is 0 Å². The van der Waals surface area contributed by atoms with Crippen LogP contribution in [0, 0.1) is 0 Å². The minimum atomic E-state index is 0.00917. The van der Waals surface area contributed by atoms with E-state index in [2.05, 4.69) is 10.00 Å². The van der Waals surface area contributed by atoms with Crippen molar-refractivity contribution in [2.45, 2.75) is 19.3 Å². The van der Waals surface area contributed by atoms with E-state index in [9.17, 15) is 9.59 Å². The van der Waals surface area contributed by atoms with Crippen LogP contribution in [0.15, 0.2) is 42.7 Å². The van der Waals surface area contributed by atoms with Crippen LogP contribution >= 0.6 is 0 Å². The number of para-hydroxylation sites is 1. The quantitative estimate of drug-likeness (QED) is 0.808. The highest BCUT2D eigenvalue weighted by molar-refractivity contribution is 5.93. The fraction of sp³-hybridized carbons (Fsp3) is 0.476. The average molecular weight is 381 g/mol. The van der Waals surface area contributed by atoms with Crippen molar-refractivity contribution >= 4 is 11.8 Å². The number of hydrogen-bond donors (Lipinski definition) is 0. The molecule has 0 bridgehead atoms. The predicted molar refractivity (Wildman–Crippen MR) is 106 cm³/mol. The molecule has 148 valence electrons. The summed E-state index contributed by atoms with van der Waals surface area (Å²) in [6.07, 6.45) is 6.54. The molecule has 2 aromatic rings. The second-order valence-electron chi connectivity index (χ2n) is 7.52. The smallest absolute Gasteiger partial charge is 0.257 e. The van der Waals surface area contributed by atoms with Crippen LogP contribution in [0.25, 0.3) is 5.69 Å². The van der Waals surface area contributed by atoms with E-state index >= 15 is 0 Å². The third kappa shape index (κ3) is 4.25. The number of likely N-dealkylation sites (tertiary alicyclic amines) is 1. The minimum absolute atomic E-state index is 0.00917. The van der Waals surface area contributed by atoms with Crippen LogP contribution in [0.5, 0.6) is 0 Å². The molecule has 2 aliphatic heterocycles. The number of aromatic nitrogens is 2. The van der Waals surface area contributed by atoms with Crippen LogP contribution in [-0.4, -0.2) is 82.1 Å². The van der Waals surface area contributed by atoms with Gasteiger partial charge in [-0.05, 0) is 31.4 Å². The Morgan fingerprint density at radius 1 is 0.857 bits per heavy atom. The maximum atomic E-state index is 12.9. The van der Waals surface area contributed by atoms with E-state index in [0.717, 1.165) is 51.1 Å². The molecule has 0 aliphatic carbocycles. The Morgan fingerprint density at radius 3 is 2.39 bits per heavy atom. The first-order chi connectivity index (χ1) is 13.7. The van der Waals surface area contributed by atoms with Crippen LogP contribution in [-0.2, 0) is 4.79 Å². The van der Waals surface area contributed by atoms with Crippen LogP contribution in [0.1, 0.15) is 29.6 Å². The molecule has 0 N–H and O–H groups in total. The molecule has 3 heterocycles. The molecule has 2 amide bonds. The molecule has 7 nitrogen and oxygen atoms in total. The van der Waals surface area contributed by atoms with Gasteiger partial charge >= 0.3 is 0 Å². The van der Waals surface area contributed by atoms with Crippen molar-refractivity contribution in [2.75, 3.05) is 45.8 Å². The number of carbonyl (C=O) groups is 2. The van der Waals surface area contributed by atoms with Crippen LogP contribution < -0.4 is 0 Å². The normalized spacial score (nSPS) is 18.3. The van der Waals surface area contributed by atoms with Gasteiger partial charge in [-0.1, -0.05) is 18.2 Å². The number of rotatable bonds is 4. The SMILES string of the molecule is O=C(CN1CCCN(C(=O)c2cnn(-c3ccccc3)c2)CC1)N1CCCC1. The van der Waals surface area contributed by atoms with Crippen molar-refractivity contribution in [1.82, 2.24) is 24.5 Å². The Morgan fingerprint density at radius 2 is 1.61 bits per heavy atom. The lowest BCUT2D eigenvalue weighted by Crippen LogP contribution is -2.41. The van der Waals surface area contributed by atoms with Gasteiger partial charge < -0.3 is 9.80 Å². The molecule has 28 heavy (non-hydrogen) atoms. The van der Waals surface area contributed by atoms with Crippen molar-refractivity contribution in [3.8, 4) is 5.69 Å². The fourth-order valence-electron chi connectivity index (χ4n) is 3.93. The van der Waals surface area contributed by atoms with Crippen molar-refractivity contribution in [3.05, 3.63) is 48.3 Å². The fourth-order valence-corrected chi connectivity index (χ4v) is 3.93. The summed E-state index contributed by atoms with van der Waals surface area (Å²) in [5, 5.41) is 4.33. The summed E-state index contributed by atoms with van der Waals surface area (Å²) in [4.78, 5) is 31.3. The Hall–Kier alpha value is -2.67. The largest absolute Gasteiger partial charge is 0.342 e. The van der Waals surface area contributed by atoms with Gasteiger partial charge in [0.2, 0.25) is 5.91 Å². The zero-order valence-corrected chi connectivity index (χ0v) is 16.2. The molecule has 2 fully saturated rings. The molecule has 2 saturated heterocycles. The Kier molecular flexibility index (Phi) is 5.71. The topological polar surface area (TPSA) is 61.7 Å². The van der Waals surface area contributed by atoms with E-state index in [1.807, 2.05) is 40.1 Å². The van der Waals surface area contributed by atoms with E-state index in [0.29, 0.717) is 25.2 Å². The van der Waals surface area contributed by atoms with Gasteiger partial charge in [0.25, 0.3) is 5.91 Å². The summed E-state index contributed by atoms with van der Waals surface area (Å²) in [5.41, 5.74) is 1.54. The third-order valence-electron chi connectivity index (χ3n) is 5.54. The minimum Gasteiger partial charge on any atom is -0.342 e. The lowest BCUT2D eigenvalue weighted by Gasteiger charge is -2.23. The first-order valence-electron chi connectivity index (χ1n) is 10.1. The average Bonchev–Trinajstić information content (AvgIpc) is 3.38. The molecule has 0 radical (unpaired) electrons. The number of benzene rings is 1. The molecular weight excluding hydrogens is 354 g/mol. The lowest BCUT2D eigenvalue weighted by atomic mass is 10.3. The molecule has 7 heteroatoms. The van der Waals surface area contributed by atoms with E-state index in [1.165, 1.54) is 0 Å². The maximum Gasteiger partial charge on any atom is 0.257 e. The number of hydrogen-bond acceptors (Lipinski definition) is 4. The second kappa shape index (κ2) is 8.56. The zero-order valence-electron chi connectivity index (χ0n) is 16.2. The summed E-state index contributed by atoms with van der Waals surface area (Å²) in [5.74, 6) is 0.233. The van der Waals surface area contributed by atoms with Crippen LogP contribution in [0.4, 0.5) is 0 Å². The molecule has 1 aromatic carbocycles. The summed E-state index contributed by atoms with van der Waals surface area (Å²) in [7, 11) is 0. The highest BCUT2D eigenvalue weighted by atomic mass is 16.2. The first-order valence-corrected chi connectivity index (χ1v) is 10.1. The summed E-state index contributed by atoms with van der Waals surface area (Å²) in [6, 6.07) is 9.78. The standard InChI is InChI=1S/C21H27N5O2/c27-20(24-10-4-5-11-24)17-23-9-6-12-25(14-13-23)21(28)18-15-22-26(16-18)19-7-2-1-3-8-19/h1-3,7-8,15-16H,4-6,9-14,17H2. The van der Waals surface area contributed by atoms with Gasteiger partial charge in [-0.3, -0.25) is 14.5 Å².